The number of rotatable bonds is 2. The van der Waals surface area contributed by atoms with Crippen molar-refractivity contribution in [3.05, 3.63) is 55.4 Å². The van der Waals surface area contributed by atoms with Crippen LogP contribution in [-0.4, -0.2) is 0 Å². The predicted molar refractivity (Wildman–Crippen MR) is 78.7 cm³/mol. The first-order valence-corrected chi connectivity index (χ1v) is 7.67. The first-order chi connectivity index (χ1) is 7.99. The highest BCUT2D eigenvalue weighted by Gasteiger charge is 2.17. The van der Waals surface area contributed by atoms with E-state index in [4.69, 9.17) is 0 Å². The van der Waals surface area contributed by atoms with Crippen molar-refractivity contribution >= 4 is 43.2 Å². The Labute approximate surface area is 121 Å². The molecule has 0 amide bonds. The van der Waals surface area contributed by atoms with E-state index in [9.17, 15) is 4.39 Å². The minimum Gasteiger partial charge on any atom is -0.207 e. The summed E-state index contributed by atoms with van der Waals surface area (Å²) in [7, 11) is 0. The van der Waals surface area contributed by atoms with E-state index in [1.807, 2.05) is 13.0 Å². The fourth-order valence-electron chi connectivity index (χ4n) is 1.80. The Hall–Kier alpha value is -0.190. The van der Waals surface area contributed by atoms with E-state index in [2.05, 4.69) is 44.8 Å². The fraction of sp³-hybridized carbons (Fsp3) is 0.231. The van der Waals surface area contributed by atoms with Crippen molar-refractivity contribution in [1.29, 1.82) is 0 Å². The molecule has 1 atom stereocenters. The molecule has 1 unspecified atom stereocenters. The third kappa shape index (κ3) is 2.80. The zero-order valence-corrected chi connectivity index (χ0v) is 13.4. The van der Waals surface area contributed by atoms with Crippen molar-refractivity contribution in [3.8, 4) is 0 Å². The topological polar surface area (TPSA) is 0 Å². The summed E-state index contributed by atoms with van der Waals surface area (Å²) in [4.78, 5) is 1.38. The van der Waals surface area contributed by atoms with Gasteiger partial charge in [0.05, 0.1) is 8.61 Å². The average Bonchev–Trinajstić information content (AvgIpc) is 2.57. The van der Waals surface area contributed by atoms with Gasteiger partial charge in [0.2, 0.25) is 0 Å². The van der Waals surface area contributed by atoms with Crippen LogP contribution in [0.1, 0.15) is 26.4 Å². The molecule has 0 spiro atoms. The molecule has 0 aliphatic rings. The van der Waals surface area contributed by atoms with Crippen LogP contribution in [0.3, 0.4) is 0 Å². The monoisotopic (exact) mass is 376 g/mol. The van der Waals surface area contributed by atoms with Gasteiger partial charge in [-0.3, -0.25) is 0 Å². The normalized spacial score (nSPS) is 12.8. The van der Waals surface area contributed by atoms with E-state index in [0.29, 0.717) is 0 Å². The minimum absolute atomic E-state index is 0.116. The van der Waals surface area contributed by atoms with Gasteiger partial charge in [-0.15, -0.1) is 11.3 Å². The van der Waals surface area contributed by atoms with E-state index >= 15 is 0 Å². The Morgan fingerprint density at radius 1 is 1.18 bits per heavy atom. The summed E-state index contributed by atoms with van der Waals surface area (Å²) in [5, 5.41) is 0. The molecule has 1 aromatic heterocycles. The van der Waals surface area contributed by atoms with Crippen LogP contribution in [-0.2, 0) is 0 Å². The first kappa shape index (κ1) is 13.2. The zero-order valence-electron chi connectivity index (χ0n) is 9.43. The Morgan fingerprint density at radius 3 is 2.41 bits per heavy atom. The van der Waals surface area contributed by atoms with Crippen LogP contribution in [0.15, 0.2) is 28.1 Å². The first-order valence-electron chi connectivity index (χ1n) is 5.15. The third-order valence-corrected chi connectivity index (χ3v) is 5.26. The van der Waals surface area contributed by atoms with Gasteiger partial charge >= 0.3 is 0 Å². The van der Waals surface area contributed by atoms with Crippen LogP contribution >= 0.6 is 43.2 Å². The number of halogens is 3. The van der Waals surface area contributed by atoms with Gasteiger partial charge in [0.1, 0.15) is 5.82 Å². The van der Waals surface area contributed by atoms with Crippen molar-refractivity contribution < 1.29 is 4.39 Å². The molecule has 90 valence electrons. The molecule has 0 nitrogen and oxygen atoms in total. The van der Waals surface area contributed by atoms with E-state index in [1.165, 1.54) is 16.5 Å². The molecule has 0 aliphatic carbocycles. The summed E-state index contributed by atoms with van der Waals surface area (Å²) in [6.45, 7) is 4.03. The van der Waals surface area contributed by atoms with Gasteiger partial charge in [-0.25, -0.2) is 4.39 Å². The van der Waals surface area contributed by atoms with Gasteiger partial charge in [0.15, 0.2) is 0 Å². The number of hydrogen-bond acceptors (Lipinski definition) is 1. The molecule has 2 aromatic rings. The lowest BCUT2D eigenvalue weighted by Crippen LogP contribution is -1.96. The Morgan fingerprint density at radius 2 is 1.88 bits per heavy atom. The second-order valence-corrected chi connectivity index (χ2v) is 7.48. The lowest BCUT2D eigenvalue weighted by molar-refractivity contribution is 0.626. The maximum atomic E-state index is 13.1. The Kier molecular flexibility index (Phi) is 4.06. The summed E-state index contributed by atoms with van der Waals surface area (Å²) in [5.74, 6) is -0.186. The molecule has 1 heterocycles. The second-order valence-electron chi connectivity index (χ2n) is 3.93. The van der Waals surface area contributed by atoms with Crippen LogP contribution in [0.5, 0.6) is 0 Å². The van der Waals surface area contributed by atoms with Gasteiger partial charge in [-0.05, 0) is 64.7 Å². The minimum atomic E-state index is -0.186. The SMILES string of the molecule is Cc1cc(F)ccc1C(Br)c1cc(Br)sc1C. The molecule has 0 fully saturated rings. The third-order valence-electron chi connectivity index (χ3n) is 2.70. The van der Waals surface area contributed by atoms with Crippen LogP contribution < -0.4 is 0 Å². The molecule has 4 heteroatoms. The van der Waals surface area contributed by atoms with Gasteiger partial charge in [0.25, 0.3) is 0 Å². The molecular formula is C13H11Br2FS. The van der Waals surface area contributed by atoms with E-state index < -0.39 is 0 Å². The van der Waals surface area contributed by atoms with Gasteiger partial charge in [-0.1, -0.05) is 22.0 Å². The highest BCUT2D eigenvalue weighted by molar-refractivity contribution is 9.11. The second kappa shape index (κ2) is 5.21. The Balaban J connectivity index is 2.43. The highest BCUT2D eigenvalue weighted by Crippen LogP contribution is 2.39. The van der Waals surface area contributed by atoms with Crippen LogP contribution in [0.25, 0.3) is 0 Å². The number of alkyl halides is 1. The standard InChI is InChI=1S/C13H11Br2FS/c1-7-5-9(16)3-4-10(7)13(15)11-6-12(14)17-8(11)2/h3-6,13H,1-2H3. The zero-order chi connectivity index (χ0) is 12.6. The van der Waals surface area contributed by atoms with Crippen LogP contribution in [0.2, 0.25) is 0 Å². The summed E-state index contributed by atoms with van der Waals surface area (Å²) in [6, 6.07) is 7.03. The number of aryl methyl sites for hydroxylation is 2. The molecule has 2 rings (SSSR count). The lowest BCUT2D eigenvalue weighted by Gasteiger charge is -2.13. The van der Waals surface area contributed by atoms with E-state index in [0.717, 1.165) is 14.9 Å². The molecule has 0 saturated carbocycles. The van der Waals surface area contributed by atoms with Crippen molar-refractivity contribution in [2.45, 2.75) is 18.7 Å². The molecule has 17 heavy (non-hydrogen) atoms. The van der Waals surface area contributed by atoms with Crippen LogP contribution in [0.4, 0.5) is 4.39 Å². The van der Waals surface area contributed by atoms with Crippen molar-refractivity contribution in [2.75, 3.05) is 0 Å². The van der Waals surface area contributed by atoms with E-state index in [-0.39, 0.29) is 10.6 Å². The molecule has 1 aromatic carbocycles. The van der Waals surface area contributed by atoms with E-state index in [1.54, 1.807) is 17.4 Å². The van der Waals surface area contributed by atoms with Crippen molar-refractivity contribution in [3.63, 3.8) is 0 Å². The number of hydrogen-bond donors (Lipinski definition) is 0. The summed E-state index contributed by atoms with van der Waals surface area (Å²) in [5.41, 5.74) is 3.31. The molecule has 0 radical (unpaired) electrons. The van der Waals surface area contributed by atoms with Gasteiger partial charge < -0.3 is 0 Å². The molecule has 0 bridgehead atoms. The summed E-state index contributed by atoms with van der Waals surface area (Å²) < 4.78 is 14.2. The van der Waals surface area contributed by atoms with Gasteiger partial charge in [-0.2, -0.15) is 0 Å². The largest absolute Gasteiger partial charge is 0.207 e. The molecule has 0 saturated heterocycles. The lowest BCUT2D eigenvalue weighted by atomic mass is 10.0. The summed E-state index contributed by atoms with van der Waals surface area (Å²) >= 11 is 8.90. The maximum absolute atomic E-state index is 13.1. The van der Waals surface area contributed by atoms with Crippen molar-refractivity contribution in [1.82, 2.24) is 0 Å². The number of thiophene rings is 1. The summed E-state index contributed by atoms with van der Waals surface area (Å²) in [6.07, 6.45) is 0. The van der Waals surface area contributed by atoms with Crippen molar-refractivity contribution in [2.24, 2.45) is 0 Å². The quantitative estimate of drug-likeness (QED) is 0.584. The molecular weight excluding hydrogens is 367 g/mol. The van der Waals surface area contributed by atoms with Crippen LogP contribution in [0, 0.1) is 19.7 Å². The predicted octanol–water partition coefficient (Wildman–Crippen LogP) is 5.75. The average molecular weight is 378 g/mol. The fourth-order valence-corrected chi connectivity index (χ4v) is 4.69. The molecule has 0 aliphatic heterocycles. The van der Waals surface area contributed by atoms with Gasteiger partial charge in [0, 0.05) is 4.88 Å². The highest BCUT2D eigenvalue weighted by atomic mass is 79.9. The maximum Gasteiger partial charge on any atom is 0.123 e. The smallest absolute Gasteiger partial charge is 0.123 e. The molecule has 0 N–H and O–H groups in total. The number of benzene rings is 1. The Bertz CT molecular complexity index is 548.